The lowest BCUT2D eigenvalue weighted by Gasteiger charge is -2.33. The van der Waals surface area contributed by atoms with Gasteiger partial charge in [0, 0.05) is 30.8 Å². The smallest absolute Gasteiger partial charge is 0.373 e. The van der Waals surface area contributed by atoms with Crippen LogP contribution in [0.4, 0.5) is 0 Å². The number of aliphatic hydroxyl groups is 3. The SMILES string of the molecule is CO/C1=C/C(C)=C/[C@@H](C)[C@@H](O)[C@@H](C)C/C(C)=C/C=C/[C@H](OC)[C@@H]([C@@H](C)[C@@H](O)[C@H](C)C(=O)/C=C/[C@H](C)[C@H](O)C(C)C)OC1=O. The number of ketones is 1. The molecule has 3 N–H and O–H groups in total. The average Bonchev–Trinajstić information content (AvgIpc) is 2.96. The van der Waals surface area contributed by atoms with E-state index in [9.17, 15) is 24.9 Å². The normalized spacial score (nSPS) is 32.7. The molecular formula is C35H56O8. The maximum Gasteiger partial charge on any atom is 0.373 e. The van der Waals surface area contributed by atoms with Crippen molar-refractivity contribution in [2.75, 3.05) is 14.2 Å². The van der Waals surface area contributed by atoms with Gasteiger partial charge in [0.05, 0.1) is 25.4 Å². The number of ether oxygens (including phenoxy) is 3. The Kier molecular flexibility index (Phi) is 16.4. The summed E-state index contributed by atoms with van der Waals surface area (Å²) in [7, 11) is 2.86. The summed E-state index contributed by atoms with van der Waals surface area (Å²) >= 11 is 0. The van der Waals surface area contributed by atoms with Crippen LogP contribution in [0, 0.1) is 35.5 Å². The fraction of sp³-hybridized carbons (Fsp3) is 0.657. The number of rotatable bonds is 10. The fourth-order valence-electron chi connectivity index (χ4n) is 5.43. The van der Waals surface area contributed by atoms with Crippen molar-refractivity contribution in [3.8, 4) is 0 Å². The van der Waals surface area contributed by atoms with Crippen molar-refractivity contribution in [1.82, 2.24) is 0 Å². The molecule has 0 saturated heterocycles. The number of carbonyl (C=O) groups excluding carboxylic acids is 2. The number of allylic oxidation sites excluding steroid dienone is 6. The van der Waals surface area contributed by atoms with E-state index < -0.39 is 48.3 Å². The van der Waals surface area contributed by atoms with E-state index in [1.807, 2.05) is 66.7 Å². The Bertz CT molecular complexity index is 1050. The Balaban J connectivity index is 3.46. The number of aliphatic hydroxyl groups excluding tert-OH is 3. The first-order valence-electron chi connectivity index (χ1n) is 15.3. The molecule has 0 fully saturated rings. The number of hydrogen-bond acceptors (Lipinski definition) is 8. The molecule has 1 rings (SSSR count). The van der Waals surface area contributed by atoms with Gasteiger partial charge in [-0.2, -0.15) is 0 Å². The van der Waals surface area contributed by atoms with Gasteiger partial charge in [-0.1, -0.05) is 90.0 Å². The summed E-state index contributed by atoms with van der Waals surface area (Å²) in [6.45, 7) is 16.7. The van der Waals surface area contributed by atoms with E-state index in [1.54, 1.807) is 32.1 Å². The maximum atomic E-state index is 13.4. The van der Waals surface area contributed by atoms with Gasteiger partial charge >= 0.3 is 5.97 Å². The highest BCUT2D eigenvalue weighted by Crippen LogP contribution is 2.27. The highest BCUT2D eigenvalue weighted by Gasteiger charge is 2.38. The molecule has 1 aliphatic heterocycles. The van der Waals surface area contributed by atoms with Gasteiger partial charge in [-0.05, 0) is 44.3 Å². The Labute approximate surface area is 259 Å². The third kappa shape index (κ3) is 11.8. The van der Waals surface area contributed by atoms with E-state index >= 15 is 0 Å². The lowest BCUT2D eigenvalue weighted by molar-refractivity contribution is -0.162. The first kappa shape index (κ1) is 38.5. The highest BCUT2D eigenvalue weighted by atomic mass is 16.6. The third-order valence-corrected chi connectivity index (χ3v) is 8.40. The lowest BCUT2D eigenvalue weighted by Crippen LogP contribution is -2.45. The summed E-state index contributed by atoms with van der Waals surface area (Å²) in [4.78, 5) is 26.4. The number of esters is 1. The van der Waals surface area contributed by atoms with Crippen LogP contribution < -0.4 is 0 Å². The van der Waals surface area contributed by atoms with Gasteiger partial charge in [0.25, 0.3) is 0 Å². The van der Waals surface area contributed by atoms with Crippen molar-refractivity contribution >= 4 is 11.8 Å². The second-order valence-corrected chi connectivity index (χ2v) is 12.6. The Morgan fingerprint density at radius 3 is 2.26 bits per heavy atom. The van der Waals surface area contributed by atoms with E-state index in [1.165, 1.54) is 20.3 Å². The zero-order valence-electron chi connectivity index (χ0n) is 28.0. The van der Waals surface area contributed by atoms with E-state index in [0.717, 1.165) is 11.1 Å². The van der Waals surface area contributed by atoms with Gasteiger partial charge < -0.3 is 29.5 Å². The van der Waals surface area contributed by atoms with Gasteiger partial charge in [0.2, 0.25) is 5.76 Å². The summed E-state index contributed by atoms with van der Waals surface area (Å²) in [5.74, 6) is -2.96. The second-order valence-electron chi connectivity index (χ2n) is 12.6. The van der Waals surface area contributed by atoms with Crippen molar-refractivity contribution in [2.24, 2.45) is 35.5 Å². The zero-order chi connectivity index (χ0) is 33.0. The molecule has 0 aliphatic carbocycles. The predicted molar refractivity (Wildman–Crippen MR) is 170 cm³/mol. The molecule has 0 aromatic carbocycles. The molecule has 0 aromatic heterocycles. The minimum atomic E-state index is -1.17. The van der Waals surface area contributed by atoms with Crippen LogP contribution in [-0.4, -0.2) is 71.8 Å². The first-order chi connectivity index (χ1) is 20.0. The summed E-state index contributed by atoms with van der Waals surface area (Å²) in [6.07, 6.45) is 8.65. The van der Waals surface area contributed by atoms with Crippen LogP contribution in [0.5, 0.6) is 0 Å². The van der Waals surface area contributed by atoms with E-state index in [2.05, 4.69) is 0 Å². The number of cyclic esters (lactones) is 1. The topological polar surface area (TPSA) is 123 Å². The summed E-state index contributed by atoms with van der Waals surface area (Å²) in [6, 6.07) is 0. The molecule has 8 heteroatoms. The van der Waals surface area contributed by atoms with Crippen LogP contribution in [0.25, 0.3) is 0 Å². The molecule has 0 radical (unpaired) electrons. The van der Waals surface area contributed by atoms with Crippen LogP contribution in [0.15, 0.2) is 59.4 Å². The van der Waals surface area contributed by atoms with Crippen LogP contribution >= 0.6 is 0 Å². The molecule has 0 aromatic rings. The first-order valence-corrected chi connectivity index (χ1v) is 15.3. The Hall–Kier alpha value is -2.52. The monoisotopic (exact) mass is 604 g/mol. The van der Waals surface area contributed by atoms with Crippen molar-refractivity contribution in [1.29, 1.82) is 0 Å². The number of carbonyl (C=O) groups is 2. The minimum Gasteiger partial charge on any atom is -0.490 e. The average molecular weight is 605 g/mol. The largest absolute Gasteiger partial charge is 0.490 e. The Morgan fingerprint density at radius 2 is 1.70 bits per heavy atom. The van der Waals surface area contributed by atoms with E-state index in [0.29, 0.717) is 6.42 Å². The Morgan fingerprint density at radius 1 is 1.07 bits per heavy atom. The van der Waals surface area contributed by atoms with Crippen LogP contribution in [0.3, 0.4) is 0 Å². The molecule has 1 aliphatic rings. The van der Waals surface area contributed by atoms with E-state index in [-0.39, 0.29) is 35.2 Å². The molecule has 43 heavy (non-hydrogen) atoms. The quantitative estimate of drug-likeness (QED) is 0.226. The zero-order valence-corrected chi connectivity index (χ0v) is 28.0. The fourth-order valence-corrected chi connectivity index (χ4v) is 5.43. The molecule has 0 unspecified atom stereocenters. The van der Waals surface area contributed by atoms with Crippen molar-refractivity contribution < 1.29 is 39.1 Å². The van der Waals surface area contributed by atoms with Crippen molar-refractivity contribution in [3.63, 3.8) is 0 Å². The third-order valence-electron chi connectivity index (χ3n) is 8.40. The molecule has 0 saturated carbocycles. The molecule has 8 nitrogen and oxygen atoms in total. The summed E-state index contributed by atoms with van der Waals surface area (Å²) in [5.41, 5.74) is 1.78. The maximum absolute atomic E-state index is 13.4. The molecule has 244 valence electrons. The highest BCUT2D eigenvalue weighted by molar-refractivity contribution is 5.92. The summed E-state index contributed by atoms with van der Waals surface area (Å²) < 4.78 is 17.0. The number of methoxy groups -OCH3 is 2. The molecule has 0 bridgehead atoms. The van der Waals surface area contributed by atoms with Gasteiger partial charge in [0.15, 0.2) is 5.78 Å². The van der Waals surface area contributed by atoms with Gasteiger partial charge in [-0.25, -0.2) is 4.79 Å². The van der Waals surface area contributed by atoms with Crippen molar-refractivity contribution in [3.05, 3.63) is 59.4 Å². The number of hydrogen-bond donors (Lipinski definition) is 3. The molecule has 0 amide bonds. The molecule has 1 heterocycles. The molecular weight excluding hydrogens is 548 g/mol. The van der Waals surface area contributed by atoms with Crippen LogP contribution in [0.2, 0.25) is 0 Å². The van der Waals surface area contributed by atoms with Gasteiger partial charge in [-0.3, -0.25) is 4.79 Å². The van der Waals surface area contributed by atoms with Crippen molar-refractivity contribution in [2.45, 2.75) is 99.3 Å². The molecule has 0 spiro atoms. The minimum absolute atomic E-state index is 0.00159. The molecule has 10 atom stereocenters. The summed E-state index contributed by atoms with van der Waals surface area (Å²) in [5, 5.41) is 32.5. The van der Waals surface area contributed by atoms with Crippen LogP contribution in [-0.2, 0) is 23.8 Å². The van der Waals surface area contributed by atoms with E-state index in [4.69, 9.17) is 14.2 Å². The van der Waals surface area contributed by atoms with Gasteiger partial charge in [0.1, 0.15) is 12.2 Å². The second kappa shape index (κ2) is 18.3. The standard InChI is InChI=1S/C35H56O8/c1-20(2)31(37)23(5)15-16-28(36)26(8)33(39)27(9)34-29(41-10)14-12-13-21(3)17-24(6)32(38)25(7)18-22(4)19-30(42-11)35(40)43-34/h12-16,18-20,23-27,29,31-34,37-39H,17H2,1-11H3/b14-12+,16-15+,21-13+,22-18+,30-19+/t23-,24-,25+,26+,27-,29-,31+,32-,33-,34+/m0/s1. The van der Waals surface area contributed by atoms with Gasteiger partial charge in [-0.15, -0.1) is 0 Å². The lowest BCUT2D eigenvalue weighted by atomic mass is 9.84. The predicted octanol–water partition coefficient (Wildman–Crippen LogP) is 5.34. The van der Waals surface area contributed by atoms with Crippen LogP contribution in [0.1, 0.15) is 68.7 Å².